The van der Waals surface area contributed by atoms with Crippen molar-refractivity contribution < 1.29 is 9.53 Å². The molecule has 0 saturated carbocycles. The van der Waals surface area contributed by atoms with Crippen molar-refractivity contribution in [3.63, 3.8) is 0 Å². The average molecular weight is 406 g/mol. The molecule has 2 aromatic heterocycles. The van der Waals surface area contributed by atoms with E-state index in [0.29, 0.717) is 17.3 Å². The molecule has 2 heterocycles. The van der Waals surface area contributed by atoms with Gasteiger partial charge in [0, 0.05) is 24.0 Å². The van der Waals surface area contributed by atoms with Gasteiger partial charge in [-0.25, -0.2) is 4.98 Å². The van der Waals surface area contributed by atoms with Crippen LogP contribution in [0.2, 0.25) is 5.02 Å². The van der Waals surface area contributed by atoms with Crippen LogP contribution in [0.5, 0.6) is 5.75 Å². The van der Waals surface area contributed by atoms with Crippen molar-refractivity contribution in [2.75, 3.05) is 13.7 Å². The molecule has 4 aromatic rings. The zero-order valence-corrected chi connectivity index (χ0v) is 16.7. The third-order valence-electron chi connectivity index (χ3n) is 4.70. The van der Waals surface area contributed by atoms with Crippen LogP contribution in [0.1, 0.15) is 16.1 Å². The molecule has 0 aliphatic rings. The van der Waals surface area contributed by atoms with Crippen molar-refractivity contribution in [1.29, 1.82) is 0 Å². The largest absolute Gasteiger partial charge is 0.497 e. The molecule has 0 radical (unpaired) electrons. The van der Waals surface area contributed by atoms with Gasteiger partial charge in [-0.1, -0.05) is 35.9 Å². The van der Waals surface area contributed by atoms with E-state index in [1.54, 1.807) is 13.3 Å². The van der Waals surface area contributed by atoms with Gasteiger partial charge in [0.15, 0.2) is 0 Å². The topological polar surface area (TPSA) is 55.6 Å². The standard InChI is InChI=1S/C23H20ClN3O2/c1-29-20-8-5-16(6-9-20)11-12-25-23(28)21-15-27-14-18(7-10-22(27)26-21)17-3-2-4-19(24)13-17/h2-10,13-15H,11-12H2,1H3,(H,25,28). The predicted octanol–water partition coefficient (Wildman–Crippen LogP) is 4.64. The number of methoxy groups -OCH3 is 1. The van der Waals surface area contributed by atoms with Crippen LogP contribution >= 0.6 is 11.6 Å². The van der Waals surface area contributed by atoms with E-state index in [1.807, 2.05) is 71.3 Å². The van der Waals surface area contributed by atoms with Crippen molar-refractivity contribution in [2.24, 2.45) is 0 Å². The number of hydrogen-bond acceptors (Lipinski definition) is 3. The molecule has 0 aliphatic carbocycles. The van der Waals surface area contributed by atoms with E-state index in [-0.39, 0.29) is 5.91 Å². The van der Waals surface area contributed by atoms with Gasteiger partial charge in [0.2, 0.25) is 0 Å². The van der Waals surface area contributed by atoms with E-state index < -0.39 is 0 Å². The Bertz CT molecular complexity index is 1150. The van der Waals surface area contributed by atoms with Crippen molar-refractivity contribution in [3.8, 4) is 16.9 Å². The molecule has 2 aromatic carbocycles. The van der Waals surface area contributed by atoms with Crippen molar-refractivity contribution in [1.82, 2.24) is 14.7 Å². The second-order valence-electron chi connectivity index (χ2n) is 6.67. The highest BCUT2D eigenvalue weighted by molar-refractivity contribution is 6.30. The molecule has 1 N–H and O–H groups in total. The summed E-state index contributed by atoms with van der Waals surface area (Å²) < 4.78 is 7.01. The first-order valence-electron chi connectivity index (χ1n) is 9.28. The van der Waals surface area contributed by atoms with Crippen molar-refractivity contribution in [2.45, 2.75) is 6.42 Å². The number of aromatic nitrogens is 2. The maximum Gasteiger partial charge on any atom is 0.271 e. The third kappa shape index (κ3) is 4.41. The van der Waals surface area contributed by atoms with Gasteiger partial charge in [-0.05, 0) is 59.5 Å². The van der Waals surface area contributed by atoms with Crippen LogP contribution in [0, 0.1) is 0 Å². The summed E-state index contributed by atoms with van der Waals surface area (Å²) in [7, 11) is 1.64. The number of nitrogens with one attached hydrogen (secondary N) is 1. The fraction of sp³-hybridized carbons (Fsp3) is 0.130. The van der Waals surface area contributed by atoms with Crippen molar-refractivity contribution >= 4 is 23.2 Å². The lowest BCUT2D eigenvalue weighted by Crippen LogP contribution is -2.25. The monoisotopic (exact) mass is 405 g/mol. The minimum Gasteiger partial charge on any atom is -0.497 e. The molecule has 0 unspecified atom stereocenters. The zero-order valence-electron chi connectivity index (χ0n) is 15.9. The number of amides is 1. The van der Waals surface area contributed by atoms with Gasteiger partial charge in [-0.15, -0.1) is 0 Å². The molecule has 0 atom stereocenters. The van der Waals surface area contributed by atoms with E-state index in [0.717, 1.165) is 34.5 Å². The SMILES string of the molecule is COc1ccc(CCNC(=O)c2cn3cc(-c4cccc(Cl)c4)ccc3n2)cc1. The van der Waals surface area contributed by atoms with Crippen LogP contribution in [-0.2, 0) is 6.42 Å². The number of halogens is 1. The number of carbonyl (C=O) groups excluding carboxylic acids is 1. The summed E-state index contributed by atoms with van der Waals surface area (Å²) in [5.41, 5.74) is 4.26. The predicted molar refractivity (Wildman–Crippen MR) is 115 cm³/mol. The lowest BCUT2D eigenvalue weighted by Gasteiger charge is -2.05. The summed E-state index contributed by atoms with van der Waals surface area (Å²) in [4.78, 5) is 16.9. The van der Waals surface area contributed by atoms with E-state index in [1.165, 1.54) is 0 Å². The number of rotatable bonds is 6. The molecule has 146 valence electrons. The van der Waals surface area contributed by atoms with E-state index >= 15 is 0 Å². The lowest BCUT2D eigenvalue weighted by molar-refractivity contribution is 0.0950. The Labute approximate surface area is 173 Å². The second-order valence-corrected chi connectivity index (χ2v) is 7.11. The minimum absolute atomic E-state index is 0.188. The molecule has 5 nitrogen and oxygen atoms in total. The molecule has 0 spiro atoms. The Morgan fingerprint density at radius 2 is 1.90 bits per heavy atom. The van der Waals surface area contributed by atoms with Gasteiger partial charge in [0.25, 0.3) is 5.91 Å². The first kappa shape index (κ1) is 19.0. The first-order chi connectivity index (χ1) is 14.1. The number of ether oxygens (including phenoxy) is 1. The number of imidazole rings is 1. The number of fused-ring (bicyclic) bond motifs is 1. The molecular weight excluding hydrogens is 386 g/mol. The molecule has 0 fully saturated rings. The quantitative estimate of drug-likeness (QED) is 0.508. The first-order valence-corrected chi connectivity index (χ1v) is 9.66. The highest BCUT2D eigenvalue weighted by atomic mass is 35.5. The highest BCUT2D eigenvalue weighted by Crippen LogP contribution is 2.23. The lowest BCUT2D eigenvalue weighted by atomic mass is 10.1. The van der Waals surface area contributed by atoms with E-state index in [9.17, 15) is 4.79 Å². The summed E-state index contributed by atoms with van der Waals surface area (Å²) >= 11 is 6.09. The van der Waals surface area contributed by atoms with Crippen LogP contribution in [0.4, 0.5) is 0 Å². The van der Waals surface area contributed by atoms with E-state index in [2.05, 4.69) is 10.3 Å². The molecular formula is C23H20ClN3O2. The number of benzene rings is 2. The summed E-state index contributed by atoms with van der Waals surface area (Å²) in [6.45, 7) is 0.535. The number of nitrogens with zero attached hydrogens (tertiary/aromatic N) is 2. The zero-order chi connectivity index (χ0) is 20.2. The fourth-order valence-electron chi connectivity index (χ4n) is 3.14. The smallest absolute Gasteiger partial charge is 0.271 e. The molecule has 4 rings (SSSR count). The van der Waals surface area contributed by atoms with Crippen LogP contribution in [0.25, 0.3) is 16.8 Å². The van der Waals surface area contributed by atoms with Gasteiger partial charge in [-0.2, -0.15) is 0 Å². The summed E-state index contributed by atoms with van der Waals surface area (Å²) in [6.07, 6.45) is 4.43. The van der Waals surface area contributed by atoms with E-state index in [4.69, 9.17) is 16.3 Å². The Kier molecular flexibility index (Phi) is 5.49. The number of pyridine rings is 1. The van der Waals surface area contributed by atoms with Gasteiger partial charge < -0.3 is 14.5 Å². The molecule has 0 saturated heterocycles. The Morgan fingerprint density at radius 3 is 2.66 bits per heavy atom. The van der Waals surface area contributed by atoms with Crippen LogP contribution in [0.15, 0.2) is 73.1 Å². The summed E-state index contributed by atoms with van der Waals surface area (Å²) in [5.74, 6) is 0.631. The van der Waals surface area contributed by atoms with Crippen LogP contribution in [0.3, 0.4) is 0 Å². The molecule has 29 heavy (non-hydrogen) atoms. The summed E-state index contributed by atoms with van der Waals surface area (Å²) in [5, 5.41) is 3.61. The molecule has 1 amide bonds. The van der Waals surface area contributed by atoms with Gasteiger partial charge >= 0.3 is 0 Å². The Balaban J connectivity index is 1.43. The van der Waals surface area contributed by atoms with Gasteiger partial charge in [-0.3, -0.25) is 4.79 Å². The van der Waals surface area contributed by atoms with Crippen LogP contribution < -0.4 is 10.1 Å². The minimum atomic E-state index is -0.188. The summed E-state index contributed by atoms with van der Waals surface area (Å²) in [6, 6.07) is 19.3. The van der Waals surface area contributed by atoms with Crippen LogP contribution in [-0.4, -0.2) is 28.9 Å². The average Bonchev–Trinajstić information content (AvgIpc) is 3.18. The van der Waals surface area contributed by atoms with Gasteiger partial charge in [0.1, 0.15) is 17.1 Å². The molecule has 0 aliphatic heterocycles. The van der Waals surface area contributed by atoms with Gasteiger partial charge in [0.05, 0.1) is 7.11 Å². The normalized spacial score (nSPS) is 10.8. The third-order valence-corrected chi connectivity index (χ3v) is 4.94. The highest BCUT2D eigenvalue weighted by Gasteiger charge is 2.11. The number of carbonyl (C=O) groups is 1. The van der Waals surface area contributed by atoms with Crippen molar-refractivity contribution in [3.05, 3.63) is 89.3 Å². The maximum atomic E-state index is 12.5. The maximum absolute atomic E-state index is 12.5. The molecule has 0 bridgehead atoms. The Morgan fingerprint density at radius 1 is 1.07 bits per heavy atom. The number of hydrogen-bond donors (Lipinski definition) is 1. The second kappa shape index (κ2) is 8.37. The fourth-order valence-corrected chi connectivity index (χ4v) is 3.33. The Hall–Kier alpha value is -3.31. The molecule has 6 heteroatoms.